The Hall–Kier alpha value is -7.68. The second kappa shape index (κ2) is 15.2. The number of allylic oxidation sites excluding steroid dienone is 4. The van der Waals surface area contributed by atoms with Crippen molar-refractivity contribution in [2.45, 2.75) is 56.3 Å². The first-order chi connectivity index (χ1) is 32.9. The summed E-state index contributed by atoms with van der Waals surface area (Å²) in [5.41, 5.74) is 22.8. The van der Waals surface area contributed by atoms with Crippen LogP contribution in [0, 0.1) is 0 Å². The van der Waals surface area contributed by atoms with E-state index >= 15 is 0 Å². The van der Waals surface area contributed by atoms with Crippen molar-refractivity contribution in [2.75, 3.05) is 4.90 Å². The van der Waals surface area contributed by atoms with Gasteiger partial charge < -0.3 is 9.47 Å². The number of aromatic nitrogens is 1. The average Bonchev–Trinajstić information content (AvgIpc) is 3.97. The number of benzene rings is 8. The minimum absolute atomic E-state index is 0.174. The van der Waals surface area contributed by atoms with Gasteiger partial charge in [0.05, 0.1) is 16.6 Å². The molecular formula is C65H52N2. The van der Waals surface area contributed by atoms with Crippen molar-refractivity contribution in [3.63, 3.8) is 0 Å². The molecule has 2 unspecified atom stereocenters. The van der Waals surface area contributed by atoms with E-state index < -0.39 is 5.41 Å². The van der Waals surface area contributed by atoms with Crippen molar-refractivity contribution in [2.24, 2.45) is 0 Å². The van der Waals surface area contributed by atoms with Crippen LogP contribution in [0.5, 0.6) is 0 Å². The molecule has 0 N–H and O–H groups in total. The standard InChI is InChI=1S/C65H52N2/c1-43-20-18-35-61-62(43)55-28-13-17-34-60(55)67(61)47-38-36-46(37-39-47)66(59-33-16-12-27-52(59)54-30-19-29-53-50-26-10-14-31-56(50)64(2,3)63(53)54)48-40-41-51-49-25-11-15-32-57(49)65(58(51)42-48,44-21-6-4-7-22-44)45-23-8-5-9-24-45/h4-19,21-40,42-43,51H,20,41H2,1-3H3. The smallest absolute Gasteiger partial charge is 0.0674 e. The molecule has 9 aromatic rings. The summed E-state index contributed by atoms with van der Waals surface area (Å²) >= 11 is 0. The molecule has 2 heteroatoms. The Balaban J connectivity index is 1.04. The quantitative estimate of drug-likeness (QED) is 0.155. The molecule has 0 fully saturated rings. The van der Waals surface area contributed by atoms with Crippen molar-refractivity contribution >= 4 is 28.4 Å². The Bertz CT molecular complexity index is 3470. The van der Waals surface area contributed by atoms with Crippen LogP contribution in [-0.4, -0.2) is 4.57 Å². The summed E-state index contributed by atoms with van der Waals surface area (Å²) < 4.78 is 2.47. The lowest BCUT2D eigenvalue weighted by Gasteiger charge is -2.38. The summed E-state index contributed by atoms with van der Waals surface area (Å²) in [6, 6.07) is 75.1. The van der Waals surface area contributed by atoms with E-state index in [-0.39, 0.29) is 11.3 Å². The normalized spacial score (nSPS) is 18.0. The summed E-state index contributed by atoms with van der Waals surface area (Å²) in [6.07, 6.45) is 11.7. The second-order valence-corrected chi connectivity index (χ2v) is 19.5. The molecule has 0 amide bonds. The molecule has 4 aliphatic rings. The maximum Gasteiger partial charge on any atom is 0.0674 e. The zero-order chi connectivity index (χ0) is 44.9. The molecule has 1 heterocycles. The Morgan fingerprint density at radius 3 is 1.93 bits per heavy atom. The first-order valence-corrected chi connectivity index (χ1v) is 24.1. The number of nitrogens with zero attached hydrogens (tertiary/aromatic N) is 2. The van der Waals surface area contributed by atoms with Gasteiger partial charge in [0, 0.05) is 45.0 Å². The lowest BCUT2D eigenvalue weighted by atomic mass is 9.66. The fourth-order valence-electron chi connectivity index (χ4n) is 12.9. The van der Waals surface area contributed by atoms with E-state index in [1.165, 1.54) is 94.8 Å². The van der Waals surface area contributed by atoms with Crippen LogP contribution >= 0.6 is 0 Å². The van der Waals surface area contributed by atoms with Gasteiger partial charge in [-0.3, -0.25) is 0 Å². The van der Waals surface area contributed by atoms with Gasteiger partial charge in [0.15, 0.2) is 0 Å². The fraction of sp³-hybridized carbons (Fsp3) is 0.138. The number of rotatable bonds is 7. The van der Waals surface area contributed by atoms with E-state index in [4.69, 9.17) is 0 Å². The SMILES string of the molecule is CC1CC=Cc2c1c1ccccc1n2-c1ccc(N(C2=CCC3C(=C2)C(c2ccccc2)(c2ccccc2)c2ccccc23)c2ccccc2-c2cccc3c2C(C)(C)c2ccccc2-3)cc1. The van der Waals surface area contributed by atoms with Gasteiger partial charge in [-0.05, 0) is 129 Å². The van der Waals surface area contributed by atoms with Crippen LogP contribution in [0.15, 0.2) is 230 Å². The highest BCUT2D eigenvalue weighted by molar-refractivity contribution is 5.95. The Labute approximate surface area is 394 Å². The molecule has 0 aliphatic heterocycles. The molecule has 0 radical (unpaired) electrons. The molecule has 67 heavy (non-hydrogen) atoms. The van der Waals surface area contributed by atoms with Gasteiger partial charge in [0.25, 0.3) is 0 Å². The van der Waals surface area contributed by atoms with E-state index in [9.17, 15) is 0 Å². The van der Waals surface area contributed by atoms with E-state index in [1.807, 2.05) is 0 Å². The highest BCUT2D eigenvalue weighted by atomic mass is 15.2. The Morgan fingerprint density at radius 2 is 1.16 bits per heavy atom. The Kier molecular flexibility index (Phi) is 8.99. The molecule has 2 atom stereocenters. The number of anilines is 2. The lowest BCUT2D eigenvalue weighted by Crippen LogP contribution is -2.31. The summed E-state index contributed by atoms with van der Waals surface area (Å²) in [7, 11) is 0. The molecular weight excluding hydrogens is 809 g/mol. The summed E-state index contributed by atoms with van der Waals surface area (Å²) in [5.74, 6) is 0.700. The highest BCUT2D eigenvalue weighted by Gasteiger charge is 2.51. The lowest BCUT2D eigenvalue weighted by molar-refractivity contribution is 0.662. The maximum atomic E-state index is 2.57. The number of fused-ring (bicyclic) bond motifs is 9. The molecule has 322 valence electrons. The van der Waals surface area contributed by atoms with Gasteiger partial charge in [-0.15, -0.1) is 0 Å². The minimum Gasteiger partial charge on any atom is -0.310 e. The average molecular weight is 861 g/mol. The van der Waals surface area contributed by atoms with Crippen LogP contribution in [0.25, 0.3) is 44.9 Å². The molecule has 2 nitrogen and oxygen atoms in total. The summed E-state index contributed by atoms with van der Waals surface area (Å²) in [6.45, 7) is 7.17. The van der Waals surface area contributed by atoms with Crippen molar-refractivity contribution in [1.82, 2.24) is 4.57 Å². The summed E-state index contributed by atoms with van der Waals surface area (Å²) in [4.78, 5) is 2.56. The van der Waals surface area contributed by atoms with E-state index in [1.54, 1.807) is 0 Å². The molecule has 0 saturated carbocycles. The van der Waals surface area contributed by atoms with Crippen molar-refractivity contribution in [3.05, 3.63) is 274 Å². The zero-order valence-corrected chi connectivity index (χ0v) is 38.3. The van der Waals surface area contributed by atoms with Crippen LogP contribution in [-0.2, 0) is 10.8 Å². The van der Waals surface area contributed by atoms with Gasteiger partial charge in [-0.2, -0.15) is 0 Å². The number of hydrogen-bond acceptors (Lipinski definition) is 1. The minimum atomic E-state index is -0.465. The van der Waals surface area contributed by atoms with Crippen LogP contribution in [0.3, 0.4) is 0 Å². The predicted molar refractivity (Wildman–Crippen MR) is 280 cm³/mol. The largest absolute Gasteiger partial charge is 0.310 e. The van der Waals surface area contributed by atoms with Gasteiger partial charge in [0.2, 0.25) is 0 Å². The van der Waals surface area contributed by atoms with Crippen LogP contribution < -0.4 is 4.90 Å². The monoisotopic (exact) mass is 860 g/mol. The predicted octanol–water partition coefficient (Wildman–Crippen LogP) is 16.6. The van der Waals surface area contributed by atoms with E-state index in [0.717, 1.165) is 24.2 Å². The van der Waals surface area contributed by atoms with Crippen LogP contribution in [0.2, 0.25) is 0 Å². The molecule has 0 saturated heterocycles. The third-order valence-electron chi connectivity index (χ3n) is 15.7. The van der Waals surface area contributed by atoms with Crippen molar-refractivity contribution in [1.29, 1.82) is 0 Å². The maximum absolute atomic E-state index is 2.57. The zero-order valence-electron chi connectivity index (χ0n) is 38.3. The highest BCUT2D eigenvalue weighted by Crippen LogP contribution is 2.61. The number of para-hydroxylation sites is 2. The van der Waals surface area contributed by atoms with E-state index in [2.05, 4.69) is 255 Å². The summed E-state index contributed by atoms with van der Waals surface area (Å²) in [5, 5.41) is 1.35. The molecule has 0 bridgehead atoms. The molecule has 4 aliphatic carbocycles. The van der Waals surface area contributed by atoms with Gasteiger partial charge in [-0.25, -0.2) is 0 Å². The van der Waals surface area contributed by atoms with E-state index in [0.29, 0.717) is 5.92 Å². The number of hydrogen-bond donors (Lipinski definition) is 0. The molecule has 1 aromatic heterocycles. The van der Waals surface area contributed by atoms with Crippen LogP contribution in [0.4, 0.5) is 11.4 Å². The molecule has 8 aromatic carbocycles. The first kappa shape index (κ1) is 39.7. The molecule has 13 rings (SSSR count). The first-order valence-electron chi connectivity index (χ1n) is 24.1. The second-order valence-electron chi connectivity index (χ2n) is 19.5. The van der Waals surface area contributed by atoms with Gasteiger partial charge in [-0.1, -0.05) is 197 Å². The van der Waals surface area contributed by atoms with Crippen LogP contribution in [0.1, 0.15) is 90.1 Å². The Morgan fingerprint density at radius 1 is 0.552 bits per heavy atom. The fourth-order valence-corrected chi connectivity index (χ4v) is 12.9. The van der Waals surface area contributed by atoms with Gasteiger partial charge >= 0.3 is 0 Å². The molecule has 0 spiro atoms. The topological polar surface area (TPSA) is 8.17 Å². The third kappa shape index (κ3) is 5.75. The van der Waals surface area contributed by atoms with Gasteiger partial charge in [0.1, 0.15) is 0 Å². The van der Waals surface area contributed by atoms with Crippen molar-refractivity contribution < 1.29 is 0 Å². The van der Waals surface area contributed by atoms with Crippen molar-refractivity contribution in [3.8, 4) is 27.9 Å². The third-order valence-corrected chi connectivity index (χ3v) is 15.7.